The van der Waals surface area contributed by atoms with Crippen LogP contribution in [0.4, 0.5) is 5.69 Å². The van der Waals surface area contributed by atoms with Crippen LogP contribution in [0.15, 0.2) is 46.2 Å². The maximum atomic E-state index is 12.2. The van der Waals surface area contributed by atoms with Gasteiger partial charge in [-0.15, -0.1) is 23.1 Å². The number of carbonyl (C=O) groups is 1. The number of nitrogens with zero attached hydrogens (tertiary/aromatic N) is 2. The van der Waals surface area contributed by atoms with Gasteiger partial charge >= 0.3 is 0 Å². The van der Waals surface area contributed by atoms with Gasteiger partial charge in [-0.2, -0.15) is 0 Å². The molecule has 0 fully saturated rings. The molecule has 0 bridgehead atoms. The van der Waals surface area contributed by atoms with E-state index in [1.165, 1.54) is 11.3 Å². The van der Waals surface area contributed by atoms with Crippen LogP contribution >= 0.6 is 23.1 Å². The number of thioether (sulfide) groups is 1. The third-order valence-corrected chi connectivity index (χ3v) is 5.59. The van der Waals surface area contributed by atoms with Gasteiger partial charge in [0.1, 0.15) is 0 Å². The summed E-state index contributed by atoms with van der Waals surface area (Å²) in [5.41, 5.74) is 1.46. The standard InChI is InChI=1S/C18H19N3O2S2/c1-11(2)17(23)20-14-6-4-5-7-15(14)24-10-13-8-16(22)21-9-12(3)25-18(21)19-13/h4-9,11H,10H2,1-3H3,(H,20,23). The van der Waals surface area contributed by atoms with Crippen LogP contribution in [0.5, 0.6) is 0 Å². The van der Waals surface area contributed by atoms with Crippen LogP contribution in [-0.4, -0.2) is 15.3 Å². The summed E-state index contributed by atoms with van der Waals surface area (Å²) >= 11 is 3.06. The molecule has 25 heavy (non-hydrogen) atoms. The van der Waals surface area contributed by atoms with Crippen LogP contribution in [0.1, 0.15) is 24.4 Å². The van der Waals surface area contributed by atoms with Crippen molar-refractivity contribution < 1.29 is 4.79 Å². The predicted octanol–water partition coefficient (Wildman–Crippen LogP) is 3.95. The fraction of sp³-hybridized carbons (Fsp3) is 0.278. The van der Waals surface area contributed by atoms with Gasteiger partial charge in [-0.3, -0.25) is 14.0 Å². The van der Waals surface area contributed by atoms with Crippen molar-refractivity contribution in [1.82, 2.24) is 9.38 Å². The highest BCUT2D eigenvalue weighted by molar-refractivity contribution is 7.98. The lowest BCUT2D eigenvalue weighted by molar-refractivity contribution is -0.118. The summed E-state index contributed by atoms with van der Waals surface area (Å²) in [4.78, 5) is 31.4. The van der Waals surface area contributed by atoms with Gasteiger partial charge in [-0.25, -0.2) is 4.98 Å². The number of nitrogens with one attached hydrogen (secondary N) is 1. The van der Waals surface area contributed by atoms with E-state index in [2.05, 4.69) is 10.3 Å². The Morgan fingerprint density at radius 2 is 2.12 bits per heavy atom. The van der Waals surface area contributed by atoms with Crippen molar-refractivity contribution in [3.63, 3.8) is 0 Å². The van der Waals surface area contributed by atoms with Crippen LogP contribution in [0.25, 0.3) is 4.96 Å². The molecule has 1 N–H and O–H groups in total. The highest BCUT2D eigenvalue weighted by Gasteiger charge is 2.11. The zero-order valence-electron chi connectivity index (χ0n) is 14.3. The van der Waals surface area contributed by atoms with Crippen molar-refractivity contribution >= 4 is 39.7 Å². The lowest BCUT2D eigenvalue weighted by Crippen LogP contribution is -2.18. The Morgan fingerprint density at radius 3 is 2.88 bits per heavy atom. The van der Waals surface area contributed by atoms with Gasteiger partial charge in [0.2, 0.25) is 5.91 Å². The highest BCUT2D eigenvalue weighted by atomic mass is 32.2. The minimum absolute atomic E-state index is 0.0140. The molecular formula is C18H19N3O2S2. The highest BCUT2D eigenvalue weighted by Crippen LogP contribution is 2.29. The predicted molar refractivity (Wildman–Crippen MR) is 104 cm³/mol. The van der Waals surface area contributed by atoms with E-state index in [1.807, 2.05) is 51.2 Å². The summed E-state index contributed by atoms with van der Waals surface area (Å²) in [6.45, 7) is 5.68. The number of aromatic nitrogens is 2. The molecule has 0 radical (unpaired) electrons. The molecule has 3 rings (SSSR count). The summed E-state index contributed by atoms with van der Waals surface area (Å²) in [6.07, 6.45) is 1.81. The second-order valence-corrected chi connectivity index (χ2v) is 8.24. The number of para-hydroxylation sites is 1. The van der Waals surface area contributed by atoms with Crippen molar-refractivity contribution in [3.8, 4) is 0 Å². The van der Waals surface area contributed by atoms with Crippen LogP contribution in [0, 0.1) is 12.8 Å². The van der Waals surface area contributed by atoms with Crippen LogP contribution in [0.3, 0.4) is 0 Å². The van der Waals surface area contributed by atoms with Crippen LogP contribution < -0.4 is 10.9 Å². The Kier molecular flexibility index (Phi) is 5.24. The molecular weight excluding hydrogens is 354 g/mol. The lowest BCUT2D eigenvalue weighted by atomic mass is 10.2. The summed E-state index contributed by atoms with van der Waals surface area (Å²) in [7, 11) is 0. The molecule has 0 aliphatic heterocycles. The fourth-order valence-corrected chi connectivity index (χ4v) is 4.01. The summed E-state index contributed by atoms with van der Waals surface area (Å²) in [6, 6.07) is 9.24. The van der Waals surface area contributed by atoms with Crippen molar-refractivity contribution in [2.24, 2.45) is 5.92 Å². The van der Waals surface area contributed by atoms with E-state index in [1.54, 1.807) is 22.2 Å². The van der Waals surface area contributed by atoms with E-state index >= 15 is 0 Å². The van der Waals surface area contributed by atoms with Gasteiger partial charge in [-0.05, 0) is 19.1 Å². The first-order chi connectivity index (χ1) is 11.9. The molecule has 0 aliphatic carbocycles. The molecule has 0 unspecified atom stereocenters. The number of carbonyl (C=O) groups excluding carboxylic acids is 1. The average molecular weight is 374 g/mol. The molecule has 5 nitrogen and oxygen atoms in total. The maximum Gasteiger partial charge on any atom is 0.258 e. The Bertz CT molecular complexity index is 976. The number of hydrogen-bond acceptors (Lipinski definition) is 5. The first kappa shape index (κ1) is 17.7. The van der Waals surface area contributed by atoms with Crippen LogP contribution in [0.2, 0.25) is 0 Å². The molecule has 2 aromatic heterocycles. The van der Waals surface area contributed by atoms with E-state index < -0.39 is 0 Å². The maximum absolute atomic E-state index is 12.2. The van der Waals surface area contributed by atoms with Crippen molar-refractivity contribution in [1.29, 1.82) is 0 Å². The second kappa shape index (κ2) is 7.41. The Morgan fingerprint density at radius 1 is 1.36 bits per heavy atom. The third kappa shape index (κ3) is 4.11. The average Bonchev–Trinajstić information content (AvgIpc) is 2.95. The number of anilines is 1. The molecule has 1 aromatic carbocycles. The smallest absolute Gasteiger partial charge is 0.258 e. The number of fused-ring (bicyclic) bond motifs is 1. The Hall–Kier alpha value is -2.12. The van der Waals surface area contributed by atoms with Crippen LogP contribution in [-0.2, 0) is 10.5 Å². The van der Waals surface area contributed by atoms with Gasteiger partial charge in [-0.1, -0.05) is 26.0 Å². The monoisotopic (exact) mass is 373 g/mol. The van der Waals surface area contributed by atoms with Gasteiger partial charge in [0.15, 0.2) is 4.96 Å². The molecule has 0 spiro atoms. The normalized spacial score (nSPS) is 11.2. The second-order valence-electron chi connectivity index (χ2n) is 6.01. The van der Waals surface area contributed by atoms with E-state index in [9.17, 15) is 9.59 Å². The van der Waals surface area contributed by atoms with Gasteiger partial charge in [0.25, 0.3) is 5.56 Å². The van der Waals surface area contributed by atoms with E-state index in [-0.39, 0.29) is 17.4 Å². The molecule has 130 valence electrons. The first-order valence-electron chi connectivity index (χ1n) is 7.95. The van der Waals surface area contributed by atoms with E-state index in [0.29, 0.717) is 10.7 Å². The quantitative estimate of drug-likeness (QED) is 0.688. The number of benzene rings is 1. The topological polar surface area (TPSA) is 63.5 Å². The Labute approximate surface area is 154 Å². The summed E-state index contributed by atoms with van der Waals surface area (Å²) in [5.74, 6) is 0.473. The summed E-state index contributed by atoms with van der Waals surface area (Å²) < 4.78 is 1.57. The third-order valence-electron chi connectivity index (χ3n) is 3.58. The van der Waals surface area contributed by atoms with Gasteiger partial charge in [0.05, 0.1) is 11.4 Å². The molecule has 0 atom stereocenters. The number of aryl methyl sites for hydroxylation is 1. The Balaban J connectivity index is 1.80. The lowest BCUT2D eigenvalue weighted by Gasteiger charge is -2.12. The molecule has 3 aromatic rings. The SMILES string of the molecule is Cc1cn2c(=O)cc(CSc3ccccc3NC(=O)C(C)C)nc2s1. The molecule has 2 heterocycles. The largest absolute Gasteiger partial charge is 0.325 e. The van der Waals surface area contributed by atoms with Crippen molar-refractivity contribution in [2.45, 2.75) is 31.4 Å². The fourth-order valence-electron chi connectivity index (χ4n) is 2.26. The van der Waals surface area contributed by atoms with Gasteiger partial charge < -0.3 is 5.32 Å². The molecule has 0 aliphatic rings. The minimum Gasteiger partial charge on any atom is -0.325 e. The first-order valence-corrected chi connectivity index (χ1v) is 9.75. The molecule has 7 heteroatoms. The number of thiazole rings is 1. The zero-order valence-corrected chi connectivity index (χ0v) is 15.9. The van der Waals surface area contributed by atoms with Crippen molar-refractivity contribution in [2.75, 3.05) is 5.32 Å². The number of rotatable bonds is 5. The zero-order chi connectivity index (χ0) is 18.0. The number of amides is 1. The molecule has 0 saturated heterocycles. The summed E-state index contributed by atoms with van der Waals surface area (Å²) in [5, 5.41) is 2.95. The van der Waals surface area contributed by atoms with Crippen molar-refractivity contribution in [3.05, 3.63) is 57.5 Å². The molecule has 0 saturated carbocycles. The van der Waals surface area contributed by atoms with Gasteiger partial charge in [0, 0.05) is 33.7 Å². The van der Waals surface area contributed by atoms with E-state index in [0.717, 1.165) is 21.2 Å². The minimum atomic E-state index is -0.0794. The molecule has 1 amide bonds. The number of hydrogen-bond donors (Lipinski definition) is 1. The van der Waals surface area contributed by atoms with E-state index in [4.69, 9.17) is 0 Å².